The highest BCUT2D eigenvalue weighted by molar-refractivity contribution is 6.46. The molecule has 0 bridgehead atoms. The molecule has 7 nitrogen and oxygen atoms in total. The Labute approximate surface area is 172 Å². The topological polar surface area (TPSA) is 85.3 Å². The molecule has 1 N–H and O–H groups in total. The van der Waals surface area contributed by atoms with E-state index in [1.807, 2.05) is 0 Å². The molecular formula is C22H20FNO6. The van der Waals surface area contributed by atoms with Crippen molar-refractivity contribution in [1.29, 1.82) is 0 Å². The Morgan fingerprint density at radius 3 is 2.53 bits per heavy atom. The molecule has 8 heteroatoms. The molecule has 4 rings (SSSR count). The fraction of sp³-hybridized carbons (Fsp3) is 0.273. The van der Waals surface area contributed by atoms with E-state index in [9.17, 15) is 19.1 Å². The maximum Gasteiger partial charge on any atom is 0.295 e. The summed E-state index contributed by atoms with van der Waals surface area (Å²) < 4.78 is 29.6. The van der Waals surface area contributed by atoms with Crippen molar-refractivity contribution >= 4 is 17.4 Å². The number of methoxy groups -OCH3 is 1. The van der Waals surface area contributed by atoms with Crippen LogP contribution in [-0.2, 0) is 14.3 Å². The number of halogens is 1. The van der Waals surface area contributed by atoms with Crippen LogP contribution in [0.5, 0.6) is 11.5 Å². The number of likely N-dealkylation sites (tertiary alicyclic amines) is 1. The van der Waals surface area contributed by atoms with Crippen LogP contribution >= 0.6 is 0 Å². The van der Waals surface area contributed by atoms with E-state index in [0.717, 1.165) is 0 Å². The zero-order chi connectivity index (χ0) is 21.3. The molecule has 0 spiro atoms. The predicted octanol–water partition coefficient (Wildman–Crippen LogP) is 2.67. The number of ketones is 1. The van der Waals surface area contributed by atoms with Crippen molar-refractivity contribution in [3.05, 3.63) is 65.0 Å². The van der Waals surface area contributed by atoms with Gasteiger partial charge in [-0.05, 0) is 42.0 Å². The van der Waals surface area contributed by atoms with Gasteiger partial charge in [-0.25, -0.2) is 4.39 Å². The second kappa shape index (κ2) is 8.16. The van der Waals surface area contributed by atoms with E-state index in [4.69, 9.17) is 14.2 Å². The third-order valence-electron chi connectivity index (χ3n) is 5.08. The Bertz CT molecular complexity index is 1020. The van der Waals surface area contributed by atoms with Gasteiger partial charge in [-0.3, -0.25) is 9.59 Å². The van der Waals surface area contributed by atoms with E-state index in [2.05, 4.69) is 0 Å². The van der Waals surface area contributed by atoms with Gasteiger partial charge in [0.15, 0.2) is 11.5 Å². The molecule has 1 fully saturated rings. The maximum absolute atomic E-state index is 13.3. The Morgan fingerprint density at radius 1 is 1.13 bits per heavy atom. The van der Waals surface area contributed by atoms with E-state index in [1.165, 1.54) is 36.3 Å². The fourth-order valence-electron chi connectivity index (χ4n) is 3.64. The third-order valence-corrected chi connectivity index (χ3v) is 5.08. The molecule has 2 aromatic rings. The van der Waals surface area contributed by atoms with Crippen molar-refractivity contribution in [3.8, 4) is 11.5 Å². The predicted molar refractivity (Wildman–Crippen MR) is 105 cm³/mol. The summed E-state index contributed by atoms with van der Waals surface area (Å²) in [4.78, 5) is 27.0. The summed E-state index contributed by atoms with van der Waals surface area (Å²) in [6.45, 7) is 1.18. The first-order chi connectivity index (χ1) is 14.5. The number of hydrogen-bond acceptors (Lipinski definition) is 6. The van der Waals surface area contributed by atoms with Gasteiger partial charge in [-0.15, -0.1) is 0 Å². The van der Waals surface area contributed by atoms with Gasteiger partial charge in [0.25, 0.3) is 11.7 Å². The quantitative estimate of drug-likeness (QED) is 0.461. The van der Waals surface area contributed by atoms with Gasteiger partial charge in [0, 0.05) is 19.2 Å². The van der Waals surface area contributed by atoms with Crippen LogP contribution in [0.1, 0.15) is 17.2 Å². The van der Waals surface area contributed by atoms with Crippen LogP contribution in [0.4, 0.5) is 4.39 Å². The number of fused-ring (bicyclic) bond motifs is 1. The number of Topliss-reactive ketones (excluding diaryl/α,β-unsaturated/α-hetero) is 1. The van der Waals surface area contributed by atoms with Gasteiger partial charge in [0.05, 0.1) is 18.2 Å². The van der Waals surface area contributed by atoms with Crippen LogP contribution in [0.3, 0.4) is 0 Å². The molecule has 2 heterocycles. The average Bonchev–Trinajstić information content (AvgIpc) is 3.02. The monoisotopic (exact) mass is 413 g/mol. The summed E-state index contributed by atoms with van der Waals surface area (Å²) >= 11 is 0. The molecule has 0 aromatic heterocycles. The first-order valence-corrected chi connectivity index (χ1v) is 9.44. The van der Waals surface area contributed by atoms with Gasteiger partial charge in [0.2, 0.25) is 0 Å². The van der Waals surface area contributed by atoms with E-state index < -0.39 is 23.5 Å². The standard InChI is InChI=1S/C22H20FNO6/c1-28-9-8-24-19(14-4-7-16-17(12-14)30-11-10-29-16)18(21(26)22(24)27)20(25)13-2-5-15(23)6-3-13/h2-7,12,19,25H,8-11H2,1H3/b20-18-. The number of nitrogens with zero attached hydrogens (tertiary/aromatic N) is 1. The zero-order valence-electron chi connectivity index (χ0n) is 16.3. The van der Waals surface area contributed by atoms with Crippen molar-refractivity contribution in [2.75, 3.05) is 33.5 Å². The number of benzene rings is 2. The average molecular weight is 413 g/mol. The number of amides is 1. The summed E-state index contributed by atoms with van der Waals surface area (Å²) in [5.74, 6) is -1.33. The largest absolute Gasteiger partial charge is 0.507 e. The fourth-order valence-corrected chi connectivity index (χ4v) is 3.64. The minimum atomic E-state index is -0.846. The maximum atomic E-state index is 13.3. The summed E-state index contributed by atoms with van der Waals surface area (Å²) in [5, 5.41) is 10.9. The summed E-state index contributed by atoms with van der Waals surface area (Å²) in [5.41, 5.74) is 0.751. The Kier molecular flexibility index (Phi) is 5.41. The molecule has 0 saturated carbocycles. The first kappa shape index (κ1) is 19.9. The molecule has 1 saturated heterocycles. The van der Waals surface area contributed by atoms with E-state index in [1.54, 1.807) is 18.2 Å². The third kappa shape index (κ3) is 3.50. The lowest BCUT2D eigenvalue weighted by Gasteiger charge is -2.26. The van der Waals surface area contributed by atoms with Gasteiger partial charge >= 0.3 is 0 Å². The normalized spacial score (nSPS) is 19.9. The lowest BCUT2D eigenvalue weighted by Crippen LogP contribution is -2.32. The summed E-state index contributed by atoms with van der Waals surface area (Å²) in [6.07, 6.45) is 0. The molecule has 30 heavy (non-hydrogen) atoms. The number of carbonyl (C=O) groups excluding carboxylic acids is 2. The van der Waals surface area contributed by atoms with Crippen molar-refractivity contribution in [2.45, 2.75) is 6.04 Å². The smallest absolute Gasteiger partial charge is 0.295 e. The lowest BCUT2D eigenvalue weighted by molar-refractivity contribution is -0.140. The van der Waals surface area contributed by atoms with Crippen LogP contribution in [0, 0.1) is 5.82 Å². The van der Waals surface area contributed by atoms with E-state index in [0.29, 0.717) is 30.3 Å². The van der Waals surface area contributed by atoms with E-state index >= 15 is 0 Å². The number of ether oxygens (including phenoxy) is 3. The highest BCUT2D eigenvalue weighted by Gasteiger charge is 2.46. The highest BCUT2D eigenvalue weighted by atomic mass is 19.1. The molecule has 2 aliphatic rings. The van der Waals surface area contributed by atoms with Gasteiger partial charge in [0.1, 0.15) is 24.8 Å². The molecule has 1 amide bonds. The van der Waals surface area contributed by atoms with Crippen LogP contribution in [-0.4, -0.2) is 55.2 Å². The molecule has 0 radical (unpaired) electrons. The van der Waals surface area contributed by atoms with Crippen LogP contribution in [0.2, 0.25) is 0 Å². The molecule has 1 unspecified atom stereocenters. The molecule has 2 aromatic carbocycles. The zero-order valence-corrected chi connectivity index (χ0v) is 16.3. The SMILES string of the molecule is COCCN1C(=O)C(=O)/C(=C(\O)c2ccc(F)cc2)C1c1ccc2c(c1)OCCO2. The van der Waals surface area contributed by atoms with Gasteiger partial charge in [-0.2, -0.15) is 0 Å². The number of carbonyl (C=O) groups is 2. The number of hydrogen-bond donors (Lipinski definition) is 1. The van der Waals surface area contributed by atoms with Crippen molar-refractivity contribution < 1.29 is 33.3 Å². The molecule has 0 aliphatic carbocycles. The van der Waals surface area contributed by atoms with Crippen LogP contribution in [0.15, 0.2) is 48.0 Å². The summed E-state index contributed by atoms with van der Waals surface area (Å²) in [7, 11) is 1.49. The molecule has 156 valence electrons. The number of rotatable bonds is 5. The van der Waals surface area contributed by atoms with Crippen molar-refractivity contribution in [2.24, 2.45) is 0 Å². The second-order valence-corrected chi connectivity index (χ2v) is 6.90. The Morgan fingerprint density at radius 2 is 1.83 bits per heavy atom. The van der Waals surface area contributed by atoms with Crippen LogP contribution in [0.25, 0.3) is 5.76 Å². The first-order valence-electron chi connectivity index (χ1n) is 9.44. The Balaban J connectivity index is 1.84. The Hall–Kier alpha value is -3.39. The second-order valence-electron chi connectivity index (χ2n) is 6.90. The molecule has 1 atom stereocenters. The molecular weight excluding hydrogens is 393 g/mol. The minimum absolute atomic E-state index is 0.0700. The van der Waals surface area contributed by atoms with Crippen molar-refractivity contribution in [1.82, 2.24) is 4.90 Å². The number of aliphatic hydroxyl groups is 1. The minimum Gasteiger partial charge on any atom is -0.507 e. The lowest BCUT2D eigenvalue weighted by atomic mass is 9.95. The highest BCUT2D eigenvalue weighted by Crippen LogP contribution is 2.42. The van der Waals surface area contributed by atoms with Crippen LogP contribution < -0.4 is 9.47 Å². The van der Waals surface area contributed by atoms with Gasteiger partial charge < -0.3 is 24.2 Å². The number of aliphatic hydroxyl groups excluding tert-OH is 1. The van der Waals surface area contributed by atoms with Crippen molar-refractivity contribution in [3.63, 3.8) is 0 Å². The summed E-state index contributed by atoms with van der Waals surface area (Å²) in [6, 6.07) is 9.34. The van der Waals surface area contributed by atoms with E-state index in [-0.39, 0.29) is 30.0 Å². The molecule has 2 aliphatic heterocycles. The van der Waals surface area contributed by atoms with Gasteiger partial charge in [-0.1, -0.05) is 6.07 Å².